The van der Waals surface area contributed by atoms with E-state index in [4.69, 9.17) is 44.3 Å². The van der Waals surface area contributed by atoms with Gasteiger partial charge in [0.25, 0.3) is 0 Å². The highest BCUT2D eigenvalue weighted by atomic mass is 35.5. The zero-order chi connectivity index (χ0) is 21.1. The smallest absolute Gasteiger partial charge is 0.363 e. The summed E-state index contributed by atoms with van der Waals surface area (Å²) in [7, 11) is 0. The van der Waals surface area contributed by atoms with Crippen molar-refractivity contribution in [3.8, 4) is 5.75 Å². The van der Waals surface area contributed by atoms with Crippen LogP contribution in [0.3, 0.4) is 0 Å². The molecule has 0 aromatic heterocycles. The van der Waals surface area contributed by atoms with Gasteiger partial charge in [-0.2, -0.15) is 0 Å². The zero-order valence-electron chi connectivity index (χ0n) is 15.4. The standard InChI is InChI=1S/C23H14Cl3NO3/c24-17-6-3-15(4-7-17)22-27-21(23(28)30-22)11-14-1-9-19(10-2-14)29-13-16-5-8-18(25)12-20(16)26/h1-12H,13H2/b21-11+. The molecule has 0 aliphatic carbocycles. The Hall–Kier alpha value is -2.79. The molecule has 3 aromatic carbocycles. The molecule has 0 bridgehead atoms. The summed E-state index contributed by atoms with van der Waals surface area (Å²) in [5, 5.41) is 1.73. The highest BCUT2D eigenvalue weighted by Gasteiger charge is 2.24. The van der Waals surface area contributed by atoms with E-state index >= 15 is 0 Å². The first kappa shape index (κ1) is 20.5. The minimum absolute atomic E-state index is 0.224. The van der Waals surface area contributed by atoms with Crippen molar-refractivity contribution in [1.29, 1.82) is 0 Å². The van der Waals surface area contributed by atoms with E-state index in [-0.39, 0.29) is 11.6 Å². The van der Waals surface area contributed by atoms with Gasteiger partial charge in [0.15, 0.2) is 5.70 Å². The lowest BCUT2D eigenvalue weighted by molar-refractivity contribution is -0.129. The Morgan fingerprint density at radius 1 is 0.900 bits per heavy atom. The number of rotatable bonds is 5. The molecule has 0 N–H and O–H groups in total. The Balaban J connectivity index is 1.45. The van der Waals surface area contributed by atoms with Crippen molar-refractivity contribution in [2.24, 2.45) is 4.99 Å². The topological polar surface area (TPSA) is 47.9 Å². The molecule has 0 saturated heterocycles. The maximum atomic E-state index is 12.1. The largest absolute Gasteiger partial charge is 0.489 e. The van der Waals surface area contributed by atoms with Crippen LogP contribution in [0.15, 0.2) is 77.4 Å². The van der Waals surface area contributed by atoms with Crippen molar-refractivity contribution in [2.75, 3.05) is 0 Å². The molecule has 0 fully saturated rings. The molecule has 0 unspecified atom stereocenters. The molecule has 0 amide bonds. The third-order valence-corrected chi connectivity index (χ3v) is 5.14. The summed E-state index contributed by atoms with van der Waals surface area (Å²) in [5.74, 6) is 0.419. The van der Waals surface area contributed by atoms with Gasteiger partial charge in [-0.3, -0.25) is 0 Å². The number of esters is 1. The second-order valence-corrected chi connectivity index (χ2v) is 7.72. The first-order valence-electron chi connectivity index (χ1n) is 8.93. The van der Waals surface area contributed by atoms with Crippen molar-refractivity contribution in [3.63, 3.8) is 0 Å². The maximum Gasteiger partial charge on any atom is 0.363 e. The van der Waals surface area contributed by atoms with Crippen molar-refractivity contribution < 1.29 is 14.3 Å². The second-order valence-electron chi connectivity index (χ2n) is 6.44. The van der Waals surface area contributed by atoms with Gasteiger partial charge in [-0.1, -0.05) is 53.0 Å². The summed E-state index contributed by atoms with van der Waals surface area (Å²) in [4.78, 5) is 16.4. The van der Waals surface area contributed by atoms with Gasteiger partial charge in [-0.05, 0) is 60.2 Å². The Morgan fingerprint density at radius 2 is 1.60 bits per heavy atom. The lowest BCUT2D eigenvalue weighted by Crippen LogP contribution is -2.05. The van der Waals surface area contributed by atoms with Crippen LogP contribution in [0.1, 0.15) is 16.7 Å². The highest BCUT2D eigenvalue weighted by molar-refractivity contribution is 6.35. The molecule has 0 spiro atoms. The number of ether oxygens (including phenoxy) is 2. The molecule has 0 radical (unpaired) electrons. The number of hydrogen-bond acceptors (Lipinski definition) is 4. The van der Waals surface area contributed by atoms with E-state index in [0.717, 1.165) is 11.1 Å². The fourth-order valence-electron chi connectivity index (χ4n) is 2.74. The molecule has 7 heteroatoms. The molecule has 0 saturated carbocycles. The monoisotopic (exact) mass is 457 g/mol. The van der Waals surface area contributed by atoms with Gasteiger partial charge in [-0.15, -0.1) is 0 Å². The number of benzene rings is 3. The third kappa shape index (κ3) is 4.85. The molecule has 1 aliphatic heterocycles. The Morgan fingerprint density at radius 3 is 2.30 bits per heavy atom. The average Bonchev–Trinajstić information content (AvgIpc) is 3.09. The van der Waals surface area contributed by atoms with Gasteiger partial charge in [0.1, 0.15) is 12.4 Å². The van der Waals surface area contributed by atoms with Gasteiger partial charge in [0, 0.05) is 26.2 Å². The Bertz CT molecular complexity index is 1150. The summed E-state index contributed by atoms with van der Waals surface area (Å²) in [5.41, 5.74) is 2.53. The maximum absolute atomic E-state index is 12.1. The fourth-order valence-corrected chi connectivity index (χ4v) is 3.33. The van der Waals surface area contributed by atoms with Gasteiger partial charge in [0.05, 0.1) is 0 Å². The number of carbonyl (C=O) groups excluding carboxylic acids is 1. The van der Waals surface area contributed by atoms with E-state index in [1.165, 1.54) is 0 Å². The van der Waals surface area contributed by atoms with Crippen LogP contribution >= 0.6 is 34.8 Å². The molecule has 3 aromatic rings. The molecule has 4 rings (SSSR count). The van der Waals surface area contributed by atoms with Gasteiger partial charge >= 0.3 is 5.97 Å². The summed E-state index contributed by atoms with van der Waals surface area (Å²) in [6.07, 6.45) is 1.66. The first-order chi connectivity index (χ1) is 14.5. The molecule has 30 heavy (non-hydrogen) atoms. The second kappa shape index (κ2) is 8.92. The molecule has 0 atom stereocenters. The third-order valence-electron chi connectivity index (χ3n) is 4.30. The number of aliphatic imine (C=N–C) groups is 1. The van der Waals surface area contributed by atoms with Crippen molar-refractivity contribution in [1.82, 2.24) is 0 Å². The fraction of sp³-hybridized carbons (Fsp3) is 0.0435. The molecular weight excluding hydrogens is 445 g/mol. The molecule has 1 aliphatic rings. The summed E-state index contributed by atoms with van der Waals surface area (Å²) in [6.45, 7) is 0.317. The summed E-state index contributed by atoms with van der Waals surface area (Å²) < 4.78 is 11.0. The molecule has 150 valence electrons. The number of hydrogen-bond donors (Lipinski definition) is 0. The van der Waals surface area contributed by atoms with Crippen LogP contribution in [0.2, 0.25) is 15.1 Å². The van der Waals surface area contributed by atoms with Crippen LogP contribution in [0, 0.1) is 0 Å². The first-order valence-corrected chi connectivity index (χ1v) is 10.1. The van der Waals surface area contributed by atoms with E-state index in [1.807, 2.05) is 18.2 Å². The average molecular weight is 459 g/mol. The molecular formula is C23H14Cl3NO3. The van der Waals surface area contributed by atoms with Crippen LogP contribution < -0.4 is 4.74 Å². The SMILES string of the molecule is O=C1OC(c2ccc(Cl)cc2)=N/C1=C/c1ccc(OCc2ccc(Cl)cc2Cl)cc1. The Kier molecular flexibility index (Phi) is 6.09. The van der Waals surface area contributed by atoms with Gasteiger partial charge in [-0.25, -0.2) is 9.79 Å². The predicted molar refractivity (Wildman–Crippen MR) is 119 cm³/mol. The minimum atomic E-state index is -0.502. The molecule has 4 nitrogen and oxygen atoms in total. The lowest BCUT2D eigenvalue weighted by Gasteiger charge is -2.08. The van der Waals surface area contributed by atoms with Gasteiger partial charge < -0.3 is 9.47 Å². The van der Waals surface area contributed by atoms with Crippen LogP contribution in [-0.2, 0) is 16.1 Å². The van der Waals surface area contributed by atoms with E-state index in [1.54, 1.807) is 54.6 Å². The van der Waals surface area contributed by atoms with E-state index in [2.05, 4.69) is 4.99 Å². The van der Waals surface area contributed by atoms with E-state index in [9.17, 15) is 4.79 Å². The normalized spacial score (nSPS) is 14.6. The van der Waals surface area contributed by atoms with Crippen LogP contribution in [0.5, 0.6) is 5.75 Å². The van der Waals surface area contributed by atoms with Crippen LogP contribution in [0.4, 0.5) is 0 Å². The minimum Gasteiger partial charge on any atom is -0.489 e. The number of cyclic esters (lactones) is 1. The summed E-state index contributed by atoms with van der Waals surface area (Å²) in [6, 6.07) is 19.5. The number of halogens is 3. The van der Waals surface area contributed by atoms with Crippen LogP contribution in [0.25, 0.3) is 6.08 Å². The zero-order valence-corrected chi connectivity index (χ0v) is 17.7. The van der Waals surface area contributed by atoms with Gasteiger partial charge in [0.2, 0.25) is 5.90 Å². The van der Waals surface area contributed by atoms with E-state index in [0.29, 0.717) is 33.0 Å². The summed E-state index contributed by atoms with van der Waals surface area (Å²) >= 11 is 17.9. The Labute approximate surface area is 188 Å². The number of carbonyl (C=O) groups is 1. The van der Waals surface area contributed by atoms with Crippen molar-refractivity contribution >= 4 is 52.7 Å². The highest BCUT2D eigenvalue weighted by Crippen LogP contribution is 2.24. The number of nitrogens with zero attached hydrogens (tertiary/aromatic N) is 1. The van der Waals surface area contributed by atoms with E-state index < -0.39 is 5.97 Å². The lowest BCUT2D eigenvalue weighted by atomic mass is 10.2. The van der Waals surface area contributed by atoms with Crippen molar-refractivity contribution in [2.45, 2.75) is 6.61 Å². The quantitative estimate of drug-likeness (QED) is 0.321. The molecule has 1 heterocycles. The van der Waals surface area contributed by atoms with Crippen LogP contribution in [-0.4, -0.2) is 11.9 Å². The predicted octanol–water partition coefficient (Wildman–Crippen LogP) is 6.57. The van der Waals surface area contributed by atoms with Crippen molar-refractivity contribution in [3.05, 3.63) is 104 Å².